The molecule has 5 saturated carbocycles. The van der Waals surface area contributed by atoms with Crippen LogP contribution >= 0.6 is 0 Å². The number of aromatic nitrogens is 4. The maximum absolute atomic E-state index is 11.4. The fourth-order valence-electron chi connectivity index (χ4n) is 10.9. The first-order chi connectivity index (χ1) is 15.7. The molecule has 6 rings (SSSR count). The predicted molar refractivity (Wildman–Crippen MR) is 129 cm³/mol. The second-order valence-electron chi connectivity index (χ2n) is 13.6. The van der Waals surface area contributed by atoms with Crippen LogP contribution in [0.4, 0.5) is 0 Å². The van der Waals surface area contributed by atoms with Crippen molar-refractivity contribution in [2.75, 3.05) is 0 Å². The highest BCUT2D eigenvalue weighted by molar-refractivity contribution is 5.22. The van der Waals surface area contributed by atoms with Gasteiger partial charge in [0.2, 0.25) is 0 Å². The fourth-order valence-corrected chi connectivity index (χ4v) is 10.9. The zero-order chi connectivity index (χ0) is 23.2. The van der Waals surface area contributed by atoms with Crippen LogP contribution < -0.4 is 0 Å². The number of aliphatic hydroxyl groups is 1. The molecule has 5 nitrogen and oxygen atoms in total. The average molecular weight is 455 g/mol. The van der Waals surface area contributed by atoms with Gasteiger partial charge >= 0.3 is 0 Å². The third-order valence-corrected chi connectivity index (χ3v) is 12.3. The molecule has 5 aliphatic carbocycles. The van der Waals surface area contributed by atoms with Crippen molar-refractivity contribution in [3.05, 3.63) is 5.82 Å². The zero-order valence-corrected chi connectivity index (χ0v) is 21.6. The van der Waals surface area contributed by atoms with Crippen LogP contribution in [0.2, 0.25) is 0 Å². The van der Waals surface area contributed by atoms with Crippen LogP contribution in [-0.2, 0) is 6.54 Å². The van der Waals surface area contributed by atoms with Crippen molar-refractivity contribution in [1.82, 2.24) is 20.2 Å². The first-order valence-electron chi connectivity index (χ1n) is 14.2. The SMILES string of the molecule is CCCC1C2[C@H]3CC[C@@H]4[C@H](CC[C@]5(C)[C@@H]([C@@H](C)Cn6nnc(C)n6)CC[C@@H]45)[C@@]3(C)CC[C@]12O. The normalized spacial score (nSPS) is 51.3. The van der Waals surface area contributed by atoms with Crippen LogP contribution in [0.5, 0.6) is 0 Å². The smallest absolute Gasteiger partial charge is 0.171 e. The van der Waals surface area contributed by atoms with E-state index < -0.39 is 0 Å². The third kappa shape index (κ3) is 3.09. The van der Waals surface area contributed by atoms with Crippen molar-refractivity contribution in [2.24, 2.45) is 58.2 Å². The molecule has 184 valence electrons. The lowest BCUT2D eigenvalue weighted by molar-refractivity contribution is -0.131. The van der Waals surface area contributed by atoms with Crippen LogP contribution in [0.1, 0.15) is 97.7 Å². The molecule has 1 aromatic rings. The molecular formula is C28H46N4O. The summed E-state index contributed by atoms with van der Waals surface area (Å²) in [5.74, 6) is 6.82. The van der Waals surface area contributed by atoms with E-state index >= 15 is 0 Å². The number of tetrazole rings is 1. The van der Waals surface area contributed by atoms with E-state index in [2.05, 4.69) is 43.1 Å². The molecule has 0 bridgehead atoms. The van der Waals surface area contributed by atoms with E-state index in [0.717, 1.165) is 48.4 Å². The van der Waals surface area contributed by atoms with Crippen molar-refractivity contribution < 1.29 is 5.11 Å². The summed E-state index contributed by atoms with van der Waals surface area (Å²) < 4.78 is 0. The van der Waals surface area contributed by atoms with Gasteiger partial charge in [0.1, 0.15) is 0 Å². The van der Waals surface area contributed by atoms with Crippen molar-refractivity contribution in [1.29, 1.82) is 0 Å². The highest BCUT2D eigenvalue weighted by Crippen LogP contribution is 2.75. The van der Waals surface area contributed by atoms with Crippen LogP contribution in [0.3, 0.4) is 0 Å². The molecule has 0 amide bonds. The topological polar surface area (TPSA) is 63.8 Å². The third-order valence-electron chi connectivity index (χ3n) is 12.3. The van der Waals surface area contributed by atoms with Gasteiger partial charge in [0.15, 0.2) is 5.82 Å². The van der Waals surface area contributed by atoms with E-state index in [-0.39, 0.29) is 5.60 Å². The van der Waals surface area contributed by atoms with Gasteiger partial charge in [-0.05, 0) is 128 Å². The number of aryl methyl sites for hydroxylation is 1. The van der Waals surface area contributed by atoms with Gasteiger partial charge < -0.3 is 5.11 Å². The minimum atomic E-state index is -0.294. The minimum absolute atomic E-state index is 0.294. The Morgan fingerprint density at radius 1 is 1.00 bits per heavy atom. The van der Waals surface area contributed by atoms with Crippen LogP contribution in [0.15, 0.2) is 0 Å². The van der Waals surface area contributed by atoms with Crippen molar-refractivity contribution >= 4 is 0 Å². The molecule has 1 aromatic heterocycles. The van der Waals surface area contributed by atoms with E-state index in [9.17, 15) is 5.11 Å². The molecule has 0 aromatic carbocycles. The molecule has 0 saturated heterocycles. The minimum Gasteiger partial charge on any atom is -0.389 e. The van der Waals surface area contributed by atoms with Gasteiger partial charge in [-0.2, -0.15) is 4.80 Å². The maximum atomic E-state index is 11.4. The van der Waals surface area contributed by atoms with E-state index in [4.69, 9.17) is 0 Å². The number of rotatable bonds is 5. The quantitative estimate of drug-likeness (QED) is 0.623. The Bertz CT molecular complexity index is 900. The summed E-state index contributed by atoms with van der Waals surface area (Å²) in [6.45, 7) is 12.9. The van der Waals surface area contributed by atoms with Gasteiger partial charge in [0.05, 0.1) is 12.1 Å². The standard InChI is InChI=1S/C28H46N4O/c1-6-7-24-25-23-9-8-19-21-11-10-20(17(2)16-32-30-18(3)29-31-32)26(21,4)13-12-22(19)27(23,5)14-15-28(24,25)33/h17,19-25,33H,6-16H2,1-5H3/t17-,19-,20+,21-,22-,23+,24?,25?,26+,27+,28-/m0/s1. The molecule has 11 atom stereocenters. The summed E-state index contributed by atoms with van der Waals surface area (Å²) in [5, 5.41) is 24.2. The number of hydrogen-bond donors (Lipinski definition) is 1. The average Bonchev–Trinajstić information content (AvgIpc) is 3.04. The van der Waals surface area contributed by atoms with Crippen LogP contribution in [0, 0.1) is 65.1 Å². The maximum Gasteiger partial charge on any atom is 0.171 e. The van der Waals surface area contributed by atoms with Gasteiger partial charge in [0, 0.05) is 0 Å². The number of hydrogen-bond acceptors (Lipinski definition) is 4. The summed E-state index contributed by atoms with van der Waals surface area (Å²) in [4.78, 5) is 1.83. The molecule has 33 heavy (non-hydrogen) atoms. The largest absolute Gasteiger partial charge is 0.389 e. The van der Waals surface area contributed by atoms with E-state index in [1.54, 1.807) is 0 Å². The highest BCUT2D eigenvalue weighted by Gasteiger charge is 2.73. The molecule has 0 aliphatic heterocycles. The van der Waals surface area contributed by atoms with Gasteiger partial charge in [-0.3, -0.25) is 0 Å². The predicted octanol–water partition coefficient (Wildman–Crippen LogP) is 5.66. The lowest BCUT2D eigenvalue weighted by atomic mass is 9.44. The van der Waals surface area contributed by atoms with Crippen molar-refractivity contribution in [2.45, 2.75) is 111 Å². The molecule has 5 heteroatoms. The molecule has 1 N–H and O–H groups in total. The molecule has 5 fully saturated rings. The first kappa shape index (κ1) is 22.5. The number of nitrogens with zero attached hydrogens (tertiary/aromatic N) is 4. The Balaban J connectivity index is 1.20. The Morgan fingerprint density at radius 2 is 1.76 bits per heavy atom. The lowest BCUT2D eigenvalue weighted by Gasteiger charge is -2.61. The fraction of sp³-hybridized carbons (Fsp3) is 0.964. The van der Waals surface area contributed by atoms with Crippen molar-refractivity contribution in [3.8, 4) is 0 Å². The summed E-state index contributed by atoms with van der Waals surface area (Å²) in [6, 6.07) is 0. The molecule has 2 unspecified atom stereocenters. The second-order valence-corrected chi connectivity index (χ2v) is 13.6. The van der Waals surface area contributed by atoms with Gasteiger partial charge in [-0.25, -0.2) is 0 Å². The van der Waals surface area contributed by atoms with Crippen LogP contribution in [0.25, 0.3) is 0 Å². The Labute approximate surface area is 200 Å². The Kier molecular flexibility index (Phi) is 5.12. The molecular weight excluding hydrogens is 408 g/mol. The van der Waals surface area contributed by atoms with Gasteiger partial charge in [-0.1, -0.05) is 34.1 Å². The molecule has 5 aliphatic rings. The Hall–Kier alpha value is -0.970. The molecule has 1 heterocycles. The second kappa shape index (κ2) is 7.51. The monoisotopic (exact) mass is 454 g/mol. The molecule has 0 spiro atoms. The van der Waals surface area contributed by atoms with Crippen molar-refractivity contribution in [3.63, 3.8) is 0 Å². The first-order valence-corrected chi connectivity index (χ1v) is 14.2. The summed E-state index contributed by atoms with van der Waals surface area (Å²) in [7, 11) is 0. The van der Waals surface area contributed by atoms with Crippen LogP contribution in [-0.4, -0.2) is 30.9 Å². The summed E-state index contributed by atoms with van der Waals surface area (Å²) >= 11 is 0. The lowest BCUT2D eigenvalue weighted by Crippen LogP contribution is -2.54. The summed E-state index contributed by atoms with van der Waals surface area (Å²) in [5.41, 5.74) is 0.645. The molecule has 0 radical (unpaired) electrons. The summed E-state index contributed by atoms with van der Waals surface area (Å²) in [6.07, 6.45) is 13.2. The van der Waals surface area contributed by atoms with E-state index in [1.165, 1.54) is 57.8 Å². The number of fused-ring (bicyclic) bond motifs is 7. The van der Waals surface area contributed by atoms with Gasteiger partial charge in [-0.15, -0.1) is 10.2 Å². The van der Waals surface area contributed by atoms with E-state index in [1.807, 2.05) is 11.7 Å². The highest BCUT2D eigenvalue weighted by atomic mass is 16.3. The zero-order valence-electron chi connectivity index (χ0n) is 21.6. The van der Waals surface area contributed by atoms with Gasteiger partial charge in [0.25, 0.3) is 0 Å². The Morgan fingerprint density at radius 3 is 2.48 bits per heavy atom. The van der Waals surface area contributed by atoms with E-state index in [0.29, 0.717) is 28.6 Å².